The molecule has 144 valence electrons. The molecule has 0 atom stereocenters. The molecule has 3 aromatic rings. The van der Waals surface area contributed by atoms with Gasteiger partial charge in [0.05, 0.1) is 5.69 Å². The average molecular weight is 377 g/mol. The first-order valence-electron chi connectivity index (χ1n) is 9.63. The van der Waals surface area contributed by atoms with Crippen molar-refractivity contribution in [3.8, 4) is 0 Å². The van der Waals surface area contributed by atoms with E-state index in [1.807, 2.05) is 42.5 Å². The molecule has 2 aromatic carbocycles. The summed E-state index contributed by atoms with van der Waals surface area (Å²) in [7, 11) is 0. The van der Waals surface area contributed by atoms with Crippen LogP contribution in [-0.4, -0.2) is 19.1 Å². The van der Waals surface area contributed by atoms with Crippen LogP contribution in [0.3, 0.4) is 0 Å². The van der Waals surface area contributed by atoms with Crippen molar-refractivity contribution in [2.45, 2.75) is 26.2 Å². The number of carbonyl (C=O) groups excluding carboxylic acids is 1. The highest BCUT2D eigenvalue weighted by Crippen LogP contribution is 2.34. The molecule has 0 spiro atoms. The third-order valence-electron chi connectivity index (χ3n) is 5.07. The van der Waals surface area contributed by atoms with E-state index >= 15 is 0 Å². The lowest BCUT2D eigenvalue weighted by atomic mass is 10.1. The number of aryl methyl sites for hydroxylation is 1. The summed E-state index contributed by atoms with van der Waals surface area (Å²) in [6.07, 6.45) is 3.05. The van der Waals surface area contributed by atoms with Crippen LogP contribution in [0.2, 0.25) is 0 Å². The van der Waals surface area contributed by atoms with E-state index in [1.54, 1.807) is 6.07 Å². The summed E-state index contributed by atoms with van der Waals surface area (Å²) >= 11 is 0. The Morgan fingerprint density at radius 2 is 1.75 bits per heavy atom. The summed E-state index contributed by atoms with van der Waals surface area (Å²) in [5, 5.41) is 6.34. The van der Waals surface area contributed by atoms with Crippen LogP contribution in [-0.2, 0) is 6.42 Å². The van der Waals surface area contributed by atoms with Crippen LogP contribution in [0.15, 0.2) is 57.7 Å². The molecule has 2 amide bonds. The fourth-order valence-corrected chi connectivity index (χ4v) is 3.61. The number of anilines is 3. The van der Waals surface area contributed by atoms with Crippen molar-refractivity contribution in [2.75, 3.05) is 28.6 Å². The zero-order valence-corrected chi connectivity index (χ0v) is 15.8. The molecule has 0 bridgehead atoms. The highest BCUT2D eigenvalue weighted by Gasteiger charge is 2.23. The largest absolute Gasteiger partial charge is 0.421 e. The van der Waals surface area contributed by atoms with Crippen LogP contribution >= 0.6 is 0 Å². The Balaban J connectivity index is 1.67. The fraction of sp³-hybridized carbons (Fsp3) is 0.273. The molecule has 0 saturated carbocycles. The molecule has 1 fully saturated rings. The van der Waals surface area contributed by atoms with Crippen molar-refractivity contribution in [1.29, 1.82) is 0 Å². The van der Waals surface area contributed by atoms with Gasteiger partial charge in [-0.1, -0.05) is 31.2 Å². The number of carbonyl (C=O) groups is 1. The lowest BCUT2D eigenvalue weighted by molar-refractivity contribution is 0.262. The van der Waals surface area contributed by atoms with Crippen LogP contribution in [0.5, 0.6) is 0 Å². The van der Waals surface area contributed by atoms with Crippen molar-refractivity contribution in [3.05, 3.63) is 64.5 Å². The van der Waals surface area contributed by atoms with E-state index in [0.717, 1.165) is 43.4 Å². The van der Waals surface area contributed by atoms with Gasteiger partial charge < -0.3 is 14.6 Å². The number of hydrogen-bond donors (Lipinski definition) is 2. The van der Waals surface area contributed by atoms with E-state index in [0.29, 0.717) is 11.3 Å². The number of hydrogen-bond acceptors (Lipinski definition) is 4. The van der Waals surface area contributed by atoms with Gasteiger partial charge in [0.15, 0.2) is 5.69 Å². The topological polar surface area (TPSA) is 74.6 Å². The number of para-hydroxylation sites is 1. The molecule has 4 rings (SSSR count). The van der Waals surface area contributed by atoms with Gasteiger partial charge >= 0.3 is 11.7 Å². The molecule has 1 saturated heterocycles. The maximum absolute atomic E-state index is 12.6. The predicted octanol–water partition coefficient (Wildman–Crippen LogP) is 4.60. The maximum Gasteiger partial charge on any atom is 0.362 e. The van der Waals surface area contributed by atoms with Crippen molar-refractivity contribution in [1.82, 2.24) is 0 Å². The Bertz CT molecular complexity index is 1050. The van der Waals surface area contributed by atoms with Gasteiger partial charge in [-0.3, -0.25) is 5.32 Å². The Kier molecular flexibility index (Phi) is 5.02. The van der Waals surface area contributed by atoms with E-state index in [1.165, 1.54) is 5.56 Å². The van der Waals surface area contributed by atoms with Gasteiger partial charge in [-0.05, 0) is 49.1 Å². The number of fused-ring (bicyclic) bond motifs is 1. The number of benzene rings is 2. The van der Waals surface area contributed by atoms with Crippen molar-refractivity contribution in [3.63, 3.8) is 0 Å². The minimum Gasteiger partial charge on any atom is -0.421 e. The second-order valence-corrected chi connectivity index (χ2v) is 6.93. The summed E-state index contributed by atoms with van der Waals surface area (Å²) in [4.78, 5) is 27.4. The third-order valence-corrected chi connectivity index (χ3v) is 5.07. The molecule has 1 aromatic heterocycles. The van der Waals surface area contributed by atoms with E-state index < -0.39 is 11.7 Å². The molecule has 6 heteroatoms. The average Bonchev–Trinajstić information content (AvgIpc) is 3.23. The predicted molar refractivity (Wildman–Crippen MR) is 112 cm³/mol. The molecular formula is C22H23N3O3. The first-order valence-corrected chi connectivity index (χ1v) is 9.63. The standard InChI is InChI=1S/C22H23N3O3/c1-2-15-9-11-16(12-10-15)23-22(27)24-19-20(25-13-5-6-14-25)17-7-3-4-8-18(17)28-21(19)26/h3-4,7-12H,2,5-6,13-14H2,1H3,(H2,23,24,27). The summed E-state index contributed by atoms with van der Waals surface area (Å²) in [6.45, 7) is 3.78. The van der Waals surface area contributed by atoms with Gasteiger partial charge in [-0.25, -0.2) is 9.59 Å². The van der Waals surface area contributed by atoms with Gasteiger partial charge in [0, 0.05) is 24.2 Å². The fourth-order valence-electron chi connectivity index (χ4n) is 3.61. The lowest BCUT2D eigenvalue weighted by Gasteiger charge is -2.22. The van der Waals surface area contributed by atoms with Crippen LogP contribution in [0.1, 0.15) is 25.3 Å². The van der Waals surface area contributed by atoms with E-state index in [9.17, 15) is 9.59 Å². The quantitative estimate of drug-likeness (QED) is 0.652. The van der Waals surface area contributed by atoms with Gasteiger partial charge in [0.1, 0.15) is 5.58 Å². The molecule has 28 heavy (non-hydrogen) atoms. The van der Waals surface area contributed by atoms with E-state index in [2.05, 4.69) is 22.5 Å². The Hall–Kier alpha value is -3.28. The second-order valence-electron chi connectivity index (χ2n) is 6.93. The highest BCUT2D eigenvalue weighted by atomic mass is 16.4. The van der Waals surface area contributed by atoms with Gasteiger partial charge in [0.25, 0.3) is 0 Å². The molecule has 1 aliphatic heterocycles. The Morgan fingerprint density at radius 1 is 1.04 bits per heavy atom. The Morgan fingerprint density at radius 3 is 2.46 bits per heavy atom. The number of amides is 2. The van der Waals surface area contributed by atoms with E-state index in [-0.39, 0.29) is 5.69 Å². The first kappa shape index (κ1) is 18.1. The summed E-state index contributed by atoms with van der Waals surface area (Å²) in [6, 6.07) is 14.6. The van der Waals surface area contributed by atoms with Crippen LogP contribution in [0.25, 0.3) is 11.0 Å². The van der Waals surface area contributed by atoms with Gasteiger partial charge in [-0.2, -0.15) is 0 Å². The zero-order chi connectivity index (χ0) is 19.5. The normalized spacial score (nSPS) is 13.7. The SMILES string of the molecule is CCc1ccc(NC(=O)Nc2c(N3CCCC3)c3ccccc3oc2=O)cc1. The monoisotopic (exact) mass is 377 g/mol. The first-order chi connectivity index (χ1) is 13.7. The molecule has 2 heterocycles. The zero-order valence-electron chi connectivity index (χ0n) is 15.8. The molecule has 0 unspecified atom stereocenters. The number of nitrogens with one attached hydrogen (secondary N) is 2. The molecule has 2 N–H and O–H groups in total. The number of urea groups is 1. The highest BCUT2D eigenvalue weighted by molar-refractivity contribution is 6.06. The van der Waals surface area contributed by atoms with Crippen LogP contribution in [0, 0.1) is 0 Å². The number of rotatable bonds is 4. The van der Waals surface area contributed by atoms with Crippen LogP contribution < -0.4 is 21.2 Å². The van der Waals surface area contributed by atoms with E-state index in [4.69, 9.17) is 4.42 Å². The van der Waals surface area contributed by atoms with Crippen molar-refractivity contribution < 1.29 is 9.21 Å². The maximum atomic E-state index is 12.6. The minimum atomic E-state index is -0.544. The van der Waals surface area contributed by atoms with Gasteiger partial charge in [0.2, 0.25) is 0 Å². The number of nitrogens with zero attached hydrogens (tertiary/aromatic N) is 1. The summed E-state index contributed by atoms with van der Waals surface area (Å²) in [5.41, 5.74) is 2.76. The lowest BCUT2D eigenvalue weighted by Crippen LogP contribution is -2.27. The Labute approximate surface area is 163 Å². The van der Waals surface area contributed by atoms with Crippen LogP contribution in [0.4, 0.5) is 21.9 Å². The summed E-state index contributed by atoms with van der Waals surface area (Å²) < 4.78 is 5.45. The molecule has 6 nitrogen and oxygen atoms in total. The minimum absolute atomic E-state index is 0.184. The molecule has 0 aliphatic carbocycles. The molecule has 1 aliphatic rings. The second kappa shape index (κ2) is 7.76. The van der Waals surface area contributed by atoms with Crippen molar-refractivity contribution >= 4 is 34.1 Å². The molecular weight excluding hydrogens is 354 g/mol. The third kappa shape index (κ3) is 3.58. The van der Waals surface area contributed by atoms with Gasteiger partial charge in [-0.15, -0.1) is 0 Å². The smallest absolute Gasteiger partial charge is 0.362 e. The molecule has 0 radical (unpaired) electrons. The van der Waals surface area contributed by atoms with Crippen molar-refractivity contribution in [2.24, 2.45) is 0 Å². The summed E-state index contributed by atoms with van der Waals surface area (Å²) in [5.74, 6) is 0.